The van der Waals surface area contributed by atoms with Gasteiger partial charge in [0, 0.05) is 25.2 Å². The molecule has 3 heteroatoms. The fourth-order valence-corrected chi connectivity index (χ4v) is 2.85. The molecule has 0 spiro atoms. The second-order valence-corrected chi connectivity index (χ2v) is 8.45. The van der Waals surface area contributed by atoms with Gasteiger partial charge < -0.3 is 15.7 Å². The summed E-state index contributed by atoms with van der Waals surface area (Å²) in [7, 11) is 0. The molecule has 0 amide bonds. The summed E-state index contributed by atoms with van der Waals surface area (Å²) >= 11 is 0. The van der Waals surface area contributed by atoms with E-state index < -0.39 is 0 Å². The number of rotatable bonds is 12. The second-order valence-electron chi connectivity index (χ2n) is 8.45. The van der Waals surface area contributed by atoms with Gasteiger partial charge in [0.1, 0.15) is 0 Å². The predicted octanol–water partition coefficient (Wildman–Crippen LogP) is 4.28. The molecule has 3 nitrogen and oxygen atoms in total. The number of aliphatic hydroxyl groups excluding tert-OH is 1. The molecule has 0 aliphatic heterocycles. The van der Waals surface area contributed by atoms with E-state index in [0.717, 1.165) is 25.8 Å². The lowest BCUT2D eigenvalue weighted by Gasteiger charge is -2.29. The van der Waals surface area contributed by atoms with E-state index in [0.29, 0.717) is 18.5 Å². The van der Waals surface area contributed by atoms with Gasteiger partial charge in [0.2, 0.25) is 0 Å². The molecule has 1 aromatic carbocycles. The van der Waals surface area contributed by atoms with Crippen LogP contribution in [0.5, 0.6) is 0 Å². The van der Waals surface area contributed by atoms with Crippen molar-refractivity contribution in [2.24, 2.45) is 5.41 Å². The van der Waals surface area contributed by atoms with Crippen molar-refractivity contribution in [2.75, 3.05) is 13.1 Å². The lowest BCUT2D eigenvalue weighted by molar-refractivity contribution is 0.151. The van der Waals surface area contributed by atoms with Crippen molar-refractivity contribution in [3.05, 3.63) is 35.4 Å². The van der Waals surface area contributed by atoms with E-state index >= 15 is 0 Å². The average molecular weight is 349 g/mol. The van der Waals surface area contributed by atoms with E-state index in [1.165, 1.54) is 17.5 Å². The Labute approximate surface area is 155 Å². The van der Waals surface area contributed by atoms with Gasteiger partial charge in [-0.2, -0.15) is 0 Å². The standard InChI is InChI=1S/C22H40N2O/c1-7-21(4,5)14-18-11-10-12-19(13-18)15-23-16-20(25)17-24-22(6,8-2)9-3/h10-13,20,23-25H,7-9,14-17H2,1-6H3. The first-order valence-electron chi connectivity index (χ1n) is 9.95. The minimum absolute atomic E-state index is 0.126. The summed E-state index contributed by atoms with van der Waals surface area (Å²) in [6, 6.07) is 8.81. The zero-order valence-corrected chi connectivity index (χ0v) is 17.3. The Morgan fingerprint density at radius 3 is 2.20 bits per heavy atom. The summed E-state index contributed by atoms with van der Waals surface area (Å²) in [6.45, 7) is 15.5. The Hall–Kier alpha value is -0.900. The highest BCUT2D eigenvalue weighted by atomic mass is 16.3. The maximum Gasteiger partial charge on any atom is 0.0789 e. The fraction of sp³-hybridized carbons (Fsp3) is 0.727. The van der Waals surface area contributed by atoms with E-state index in [1.54, 1.807) is 0 Å². The van der Waals surface area contributed by atoms with Gasteiger partial charge in [0.15, 0.2) is 0 Å². The maximum atomic E-state index is 10.2. The van der Waals surface area contributed by atoms with E-state index in [1.807, 2.05) is 0 Å². The molecule has 1 aromatic rings. The van der Waals surface area contributed by atoms with Crippen molar-refractivity contribution in [3.63, 3.8) is 0 Å². The van der Waals surface area contributed by atoms with Crippen molar-refractivity contribution in [2.45, 2.75) is 85.4 Å². The normalized spacial score (nSPS) is 13.9. The molecule has 1 atom stereocenters. The van der Waals surface area contributed by atoms with E-state index in [4.69, 9.17) is 0 Å². The van der Waals surface area contributed by atoms with Crippen molar-refractivity contribution in [3.8, 4) is 0 Å². The van der Waals surface area contributed by atoms with Crippen LogP contribution in [-0.2, 0) is 13.0 Å². The molecule has 25 heavy (non-hydrogen) atoms. The highest BCUT2D eigenvalue weighted by Gasteiger charge is 2.19. The van der Waals surface area contributed by atoms with E-state index in [9.17, 15) is 5.11 Å². The van der Waals surface area contributed by atoms with Crippen LogP contribution in [0.1, 0.15) is 71.9 Å². The van der Waals surface area contributed by atoms with Crippen LogP contribution in [0.2, 0.25) is 0 Å². The molecule has 0 aliphatic carbocycles. The van der Waals surface area contributed by atoms with Gasteiger partial charge >= 0.3 is 0 Å². The molecule has 0 radical (unpaired) electrons. The summed E-state index contributed by atoms with van der Waals surface area (Å²) in [5.41, 5.74) is 3.16. The Balaban J connectivity index is 2.41. The number of β-amino-alcohol motifs (C(OH)–C–C–N with tert-alkyl or cyclic N) is 1. The van der Waals surface area contributed by atoms with Gasteiger partial charge in [-0.05, 0) is 42.7 Å². The van der Waals surface area contributed by atoms with Gasteiger partial charge in [0.05, 0.1) is 6.10 Å². The van der Waals surface area contributed by atoms with Crippen molar-refractivity contribution in [1.29, 1.82) is 0 Å². The maximum absolute atomic E-state index is 10.2. The molecule has 1 unspecified atom stereocenters. The van der Waals surface area contributed by atoms with Crippen LogP contribution in [-0.4, -0.2) is 29.8 Å². The highest BCUT2D eigenvalue weighted by molar-refractivity contribution is 5.24. The zero-order chi connectivity index (χ0) is 18.9. The summed E-state index contributed by atoms with van der Waals surface area (Å²) in [5, 5.41) is 17.1. The summed E-state index contributed by atoms with van der Waals surface area (Å²) < 4.78 is 0. The van der Waals surface area contributed by atoms with Gasteiger partial charge in [-0.1, -0.05) is 65.3 Å². The van der Waals surface area contributed by atoms with E-state index in [2.05, 4.69) is 76.4 Å². The van der Waals surface area contributed by atoms with Crippen LogP contribution in [0.4, 0.5) is 0 Å². The summed E-state index contributed by atoms with van der Waals surface area (Å²) in [4.78, 5) is 0. The predicted molar refractivity (Wildman–Crippen MR) is 109 cm³/mol. The smallest absolute Gasteiger partial charge is 0.0789 e. The van der Waals surface area contributed by atoms with Gasteiger partial charge in [-0.25, -0.2) is 0 Å². The molecule has 0 saturated carbocycles. The summed E-state index contributed by atoms with van der Waals surface area (Å²) in [5.74, 6) is 0. The third-order valence-electron chi connectivity index (χ3n) is 5.67. The SMILES string of the molecule is CCC(C)(C)Cc1cccc(CNCC(O)CNC(C)(CC)CC)c1. The molecule has 0 heterocycles. The largest absolute Gasteiger partial charge is 0.390 e. The Bertz CT molecular complexity index is 495. The molecule has 0 fully saturated rings. The Morgan fingerprint density at radius 2 is 1.60 bits per heavy atom. The molecule has 0 aliphatic rings. The minimum atomic E-state index is -0.361. The first-order valence-corrected chi connectivity index (χ1v) is 9.95. The molecule has 3 N–H and O–H groups in total. The van der Waals surface area contributed by atoms with Crippen molar-refractivity contribution < 1.29 is 5.11 Å². The number of nitrogens with one attached hydrogen (secondary N) is 2. The molecule has 1 rings (SSSR count). The second kappa shape index (κ2) is 10.3. The number of hydrogen-bond donors (Lipinski definition) is 3. The highest BCUT2D eigenvalue weighted by Crippen LogP contribution is 2.25. The quantitative estimate of drug-likeness (QED) is 0.528. The third kappa shape index (κ3) is 8.35. The average Bonchev–Trinajstić information content (AvgIpc) is 2.59. The van der Waals surface area contributed by atoms with Crippen LogP contribution in [0.15, 0.2) is 24.3 Å². The van der Waals surface area contributed by atoms with Crippen molar-refractivity contribution in [1.82, 2.24) is 10.6 Å². The monoisotopic (exact) mass is 348 g/mol. The Kier molecular flexibility index (Phi) is 9.12. The molecular weight excluding hydrogens is 308 g/mol. The van der Waals surface area contributed by atoms with Crippen LogP contribution in [0, 0.1) is 5.41 Å². The topological polar surface area (TPSA) is 44.3 Å². The molecule has 0 bridgehead atoms. The van der Waals surface area contributed by atoms with Gasteiger partial charge in [-0.3, -0.25) is 0 Å². The minimum Gasteiger partial charge on any atom is -0.390 e. The molecule has 0 saturated heterocycles. The van der Waals surface area contributed by atoms with Crippen molar-refractivity contribution >= 4 is 0 Å². The first kappa shape index (κ1) is 22.1. The van der Waals surface area contributed by atoms with E-state index in [-0.39, 0.29) is 11.6 Å². The first-order chi connectivity index (χ1) is 11.7. The fourth-order valence-electron chi connectivity index (χ4n) is 2.85. The lowest BCUT2D eigenvalue weighted by atomic mass is 9.83. The van der Waals surface area contributed by atoms with Crippen LogP contribution >= 0.6 is 0 Å². The van der Waals surface area contributed by atoms with Crippen LogP contribution < -0.4 is 10.6 Å². The molecule has 144 valence electrons. The van der Waals surface area contributed by atoms with Gasteiger partial charge in [-0.15, -0.1) is 0 Å². The number of hydrogen-bond acceptors (Lipinski definition) is 3. The van der Waals surface area contributed by atoms with Crippen LogP contribution in [0.3, 0.4) is 0 Å². The zero-order valence-electron chi connectivity index (χ0n) is 17.3. The number of aliphatic hydroxyl groups is 1. The Morgan fingerprint density at radius 1 is 0.960 bits per heavy atom. The molecule has 0 aromatic heterocycles. The van der Waals surface area contributed by atoms with Crippen LogP contribution in [0.25, 0.3) is 0 Å². The third-order valence-corrected chi connectivity index (χ3v) is 5.67. The lowest BCUT2D eigenvalue weighted by Crippen LogP contribution is -2.46. The summed E-state index contributed by atoms with van der Waals surface area (Å²) in [6.07, 6.45) is 4.08. The molecular formula is C22H40N2O. The number of benzene rings is 1. The van der Waals surface area contributed by atoms with Gasteiger partial charge in [0.25, 0.3) is 0 Å².